The van der Waals surface area contributed by atoms with Crippen molar-refractivity contribution in [3.63, 3.8) is 0 Å². The van der Waals surface area contributed by atoms with Crippen molar-refractivity contribution in [3.05, 3.63) is 66.0 Å². The van der Waals surface area contributed by atoms with Gasteiger partial charge in [-0.2, -0.15) is 0 Å². The van der Waals surface area contributed by atoms with Gasteiger partial charge in [-0.3, -0.25) is 9.78 Å². The number of halogens is 1. The Kier molecular flexibility index (Phi) is 8.18. The minimum Gasteiger partial charge on any atom is -0.366 e. The van der Waals surface area contributed by atoms with Gasteiger partial charge in [-0.05, 0) is 17.7 Å². The molecule has 0 aliphatic heterocycles. The topological polar surface area (TPSA) is 91.0 Å². The van der Waals surface area contributed by atoms with Crippen LogP contribution in [0.2, 0.25) is 0 Å². The second kappa shape index (κ2) is 9.15. The summed E-state index contributed by atoms with van der Waals surface area (Å²) in [5.74, 6) is 0.170. The molecule has 1 amide bonds. The normalized spacial score (nSPS) is 8.50. The monoisotopic (exact) mass is 265 g/mol. The fourth-order valence-electron chi connectivity index (χ4n) is 1.08. The van der Waals surface area contributed by atoms with Crippen LogP contribution in [-0.2, 0) is 5.88 Å². The maximum Gasteiger partial charge on any atom is 0.250 e. The fourth-order valence-corrected chi connectivity index (χ4v) is 1.25. The lowest BCUT2D eigenvalue weighted by atomic mass is 10.2. The van der Waals surface area contributed by atoms with E-state index in [4.69, 9.17) is 17.3 Å². The summed E-state index contributed by atoms with van der Waals surface area (Å²) in [6.07, 6.45) is 3.02. The van der Waals surface area contributed by atoms with Gasteiger partial charge in [0.1, 0.15) is 0 Å². The second-order valence-corrected chi connectivity index (χ2v) is 3.49. The summed E-state index contributed by atoms with van der Waals surface area (Å²) < 4.78 is 0. The molecule has 0 unspecified atom stereocenters. The zero-order valence-electron chi connectivity index (χ0n) is 9.92. The molecule has 0 radical (unpaired) electrons. The Morgan fingerprint density at radius 3 is 2.17 bits per heavy atom. The van der Waals surface area contributed by atoms with Gasteiger partial charge in [-0.15, -0.1) is 11.6 Å². The van der Waals surface area contributed by atoms with Crippen molar-refractivity contribution >= 4 is 17.5 Å². The standard InChI is InChI=1S/C7H7Cl.C6H6N2O.H3N/c8-6-7-4-2-1-3-5-7;7-6(9)5-2-1-3-8-4-5;/h1-5H,6H2;1-4H,(H2,7,9);1H3. The van der Waals surface area contributed by atoms with Crippen LogP contribution in [0.3, 0.4) is 0 Å². The lowest BCUT2D eigenvalue weighted by Crippen LogP contribution is -2.10. The summed E-state index contributed by atoms with van der Waals surface area (Å²) in [5.41, 5.74) is 6.55. The van der Waals surface area contributed by atoms with Gasteiger partial charge >= 0.3 is 0 Å². The van der Waals surface area contributed by atoms with E-state index in [1.165, 1.54) is 11.8 Å². The summed E-state index contributed by atoms with van der Waals surface area (Å²) in [7, 11) is 0. The van der Waals surface area contributed by atoms with Crippen LogP contribution in [-0.4, -0.2) is 10.9 Å². The average Bonchev–Trinajstić information content (AvgIpc) is 2.41. The summed E-state index contributed by atoms with van der Waals surface area (Å²) in [5, 5.41) is 0. The molecule has 1 heterocycles. The molecule has 0 aliphatic carbocycles. The van der Waals surface area contributed by atoms with Gasteiger partial charge in [-0.25, -0.2) is 0 Å². The lowest BCUT2D eigenvalue weighted by molar-refractivity contribution is 0.1000. The Hall–Kier alpha value is -1.91. The molecule has 0 spiro atoms. The molecule has 0 saturated heterocycles. The molecule has 5 N–H and O–H groups in total. The molecule has 2 rings (SSSR count). The number of nitrogens with two attached hydrogens (primary N) is 1. The highest BCUT2D eigenvalue weighted by Gasteiger charge is 1.94. The highest BCUT2D eigenvalue weighted by Crippen LogP contribution is 2.00. The van der Waals surface area contributed by atoms with E-state index in [0.717, 1.165) is 0 Å². The van der Waals surface area contributed by atoms with Crippen LogP contribution in [0.15, 0.2) is 54.9 Å². The Bertz CT molecular complexity index is 448. The Balaban J connectivity index is 0.000000306. The minimum atomic E-state index is -0.442. The minimum absolute atomic E-state index is 0. The van der Waals surface area contributed by atoms with Crippen LogP contribution in [0, 0.1) is 0 Å². The molecule has 0 saturated carbocycles. The first-order valence-electron chi connectivity index (χ1n) is 5.03. The van der Waals surface area contributed by atoms with Crippen molar-refractivity contribution in [1.82, 2.24) is 11.1 Å². The highest BCUT2D eigenvalue weighted by molar-refractivity contribution is 6.17. The number of aromatic nitrogens is 1. The number of carbonyl (C=O) groups is 1. The second-order valence-electron chi connectivity index (χ2n) is 3.23. The molecule has 0 bridgehead atoms. The number of primary amides is 1. The molecule has 2 aromatic rings. The number of carbonyl (C=O) groups excluding carboxylic acids is 1. The third-order valence-corrected chi connectivity index (χ3v) is 2.25. The van der Waals surface area contributed by atoms with Gasteiger partial charge in [-0.1, -0.05) is 30.3 Å². The van der Waals surface area contributed by atoms with Crippen LogP contribution < -0.4 is 11.9 Å². The predicted molar refractivity (Wildman–Crippen MR) is 73.8 cm³/mol. The van der Waals surface area contributed by atoms with E-state index in [0.29, 0.717) is 11.4 Å². The van der Waals surface area contributed by atoms with Gasteiger partial charge in [0.05, 0.1) is 5.56 Å². The van der Waals surface area contributed by atoms with Crippen LogP contribution >= 0.6 is 11.6 Å². The van der Waals surface area contributed by atoms with Crippen molar-refractivity contribution < 1.29 is 4.79 Å². The fraction of sp³-hybridized carbons (Fsp3) is 0.0769. The summed E-state index contributed by atoms with van der Waals surface area (Å²) in [6, 6.07) is 13.3. The van der Waals surface area contributed by atoms with Crippen LogP contribution in [0.4, 0.5) is 0 Å². The Morgan fingerprint density at radius 2 is 1.83 bits per heavy atom. The first-order chi connectivity index (χ1) is 8.24. The van der Waals surface area contributed by atoms with E-state index >= 15 is 0 Å². The van der Waals surface area contributed by atoms with E-state index in [1.807, 2.05) is 30.3 Å². The molecule has 1 aromatic heterocycles. The van der Waals surface area contributed by atoms with E-state index in [2.05, 4.69) is 4.98 Å². The number of rotatable bonds is 2. The first-order valence-corrected chi connectivity index (χ1v) is 5.57. The molecular formula is C13H16ClN3O. The zero-order chi connectivity index (χ0) is 12.5. The molecule has 0 aliphatic rings. The van der Waals surface area contributed by atoms with E-state index in [9.17, 15) is 4.79 Å². The first kappa shape index (κ1) is 16.1. The van der Waals surface area contributed by atoms with E-state index < -0.39 is 5.91 Å². The smallest absolute Gasteiger partial charge is 0.250 e. The van der Waals surface area contributed by atoms with Crippen molar-refractivity contribution in [2.75, 3.05) is 0 Å². The molecular weight excluding hydrogens is 250 g/mol. The number of alkyl halides is 1. The third kappa shape index (κ3) is 5.98. The number of nitrogens with zero attached hydrogens (tertiary/aromatic N) is 1. The average molecular weight is 266 g/mol. The maximum absolute atomic E-state index is 10.4. The highest BCUT2D eigenvalue weighted by atomic mass is 35.5. The van der Waals surface area contributed by atoms with Crippen LogP contribution in [0.25, 0.3) is 0 Å². The molecule has 0 fully saturated rings. The van der Waals surface area contributed by atoms with Gasteiger partial charge < -0.3 is 11.9 Å². The van der Waals surface area contributed by atoms with Gasteiger partial charge in [0.25, 0.3) is 0 Å². The number of pyridine rings is 1. The summed E-state index contributed by atoms with van der Waals surface area (Å²) in [4.78, 5) is 14.1. The molecule has 96 valence electrons. The Morgan fingerprint density at radius 1 is 1.17 bits per heavy atom. The number of amides is 1. The predicted octanol–water partition coefficient (Wildman–Crippen LogP) is 2.77. The number of benzene rings is 1. The van der Waals surface area contributed by atoms with Crippen molar-refractivity contribution in [2.45, 2.75) is 5.88 Å². The zero-order valence-corrected chi connectivity index (χ0v) is 10.7. The van der Waals surface area contributed by atoms with Gasteiger partial charge in [0, 0.05) is 18.3 Å². The van der Waals surface area contributed by atoms with E-state index in [-0.39, 0.29) is 6.15 Å². The lowest BCUT2D eigenvalue weighted by Gasteiger charge is -1.88. The molecule has 18 heavy (non-hydrogen) atoms. The molecule has 0 atom stereocenters. The third-order valence-electron chi connectivity index (χ3n) is 1.94. The maximum atomic E-state index is 10.4. The largest absolute Gasteiger partial charge is 0.366 e. The summed E-state index contributed by atoms with van der Waals surface area (Å²) in [6.45, 7) is 0. The van der Waals surface area contributed by atoms with Crippen LogP contribution in [0.5, 0.6) is 0 Å². The number of hydrogen-bond donors (Lipinski definition) is 2. The molecule has 1 aromatic carbocycles. The van der Waals surface area contributed by atoms with Gasteiger partial charge in [0.15, 0.2) is 0 Å². The van der Waals surface area contributed by atoms with Gasteiger partial charge in [0.2, 0.25) is 5.91 Å². The summed E-state index contributed by atoms with van der Waals surface area (Å²) >= 11 is 5.53. The quantitative estimate of drug-likeness (QED) is 0.818. The van der Waals surface area contributed by atoms with Crippen molar-refractivity contribution in [3.8, 4) is 0 Å². The molecule has 5 heteroatoms. The van der Waals surface area contributed by atoms with Crippen molar-refractivity contribution in [1.29, 1.82) is 0 Å². The van der Waals surface area contributed by atoms with Crippen molar-refractivity contribution in [2.24, 2.45) is 5.73 Å². The SMILES string of the molecule is ClCc1ccccc1.N.NC(=O)c1cccnc1. The number of hydrogen-bond acceptors (Lipinski definition) is 3. The van der Waals surface area contributed by atoms with Crippen LogP contribution in [0.1, 0.15) is 15.9 Å². The Labute approximate surface area is 111 Å². The van der Waals surface area contributed by atoms with E-state index in [1.54, 1.807) is 18.3 Å². The molecule has 4 nitrogen and oxygen atoms in total.